The molecule has 0 spiro atoms. The van der Waals surface area contributed by atoms with Crippen molar-refractivity contribution < 1.29 is 89.4 Å². The summed E-state index contributed by atoms with van der Waals surface area (Å²) in [4.78, 5) is 14.6. The van der Waals surface area contributed by atoms with Gasteiger partial charge in [-0.2, -0.15) is 0 Å². The normalized spacial score (nSPS) is 52.1. The Hall–Kier alpha value is -1.43. The molecular formula is C46H74O18. The smallest absolute Gasteiger partial charge is 0.187 e. The zero-order valence-corrected chi connectivity index (χ0v) is 37.5. The number of aliphatic hydroxyl groups is 11. The Balaban J connectivity index is 0.855. The van der Waals surface area contributed by atoms with Crippen LogP contribution in [0.4, 0.5) is 0 Å². The number of allylic oxidation sites excluding steroid dienone is 1. The van der Waals surface area contributed by atoms with Gasteiger partial charge in [0.15, 0.2) is 12.6 Å². The predicted octanol–water partition coefficient (Wildman–Crippen LogP) is -0.987. The monoisotopic (exact) mass is 914 g/mol. The van der Waals surface area contributed by atoms with Gasteiger partial charge >= 0.3 is 0 Å². The molecule has 8 rings (SSSR count). The molecule has 18 nitrogen and oxygen atoms in total. The second kappa shape index (κ2) is 19.2. The van der Waals surface area contributed by atoms with Crippen molar-refractivity contribution in [2.75, 3.05) is 26.4 Å². The third kappa shape index (κ3) is 8.44. The lowest BCUT2D eigenvalue weighted by Crippen LogP contribution is -2.65. The van der Waals surface area contributed by atoms with Crippen molar-refractivity contribution in [3.63, 3.8) is 0 Å². The molecule has 0 bridgehead atoms. The van der Waals surface area contributed by atoms with Crippen LogP contribution in [0, 0.1) is 52.3 Å². The zero-order valence-electron chi connectivity index (χ0n) is 37.5. The van der Waals surface area contributed by atoms with Crippen molar-refractivity contribution in [2.24, 2.45) is 52.3 Å². The van der Waals surface area contributed by atoms with E-state index in [4.69, 9.17) is 28.4 Å². The van der Waals surface area contributed by atoms with Crippen molar-refractivity contribution in [1.82, 2.24) is 0 Å². The molecule has 5 saturated carbocycles. The van der Waals surface area contributed by atoms with Crippen LogP contribution in [-0.4, -0.2) is 186 Å². The second-order valence-electron chi connectivity index (χ2n) is 21.2. The molecule has 25 atom stereocenters. The summed E-state index contributed by atoms with van der Waals surface area (Å²) in [5, 5.41) is 114. The lowest BCUT2D eigenvalue weighted by molar-refractivity contribution is -0.364. The van der Waals surface area contributed by atoms with Gasteiger partial charge in [-0.1, -0.05) is 20.8 Å². The number of carbonyl (C=O) groups excluding carboxylic acids is 1. The van der Waals surface area contributed by atoms with E-state index in [1.54, 1.807) is 0 Å². The van der Waals surface area contributed by atoms with Crippen LogP contribution in [0.5, 0.6) is 0 Å². The summed E-state index contributed by atoms with van der Waals surface area (Å²) in [5.74, 6) is 1.83. The molecule has 11 N–H and O–H groups in total. The SMILES string of the molecule is CC1=C(CC[C@@H](C)CO[C@@H]2C[C@H](CO)[C@@H](O)[C@H](O)[C@H]2O)O[C@H]2C[C@@H]3[C@@H]4CC[C@@H]5C[C@H](O[C@@H]6O[C@H](CO)[C@H](O[C@H]7O[C@H](CO)[C@@H](O)[C@H](O)[C@H]7O)[C@H](O)[C@H]6O)CC[C@]5(C)[C@H]4CC(=O)[C@]3(C)[C@@H]12. The van der Waals surface area contributed by atoms with Gasteiger partial charge < -0.3 is 84.6 Å². The fourth-order valence-electron chi connectivity index (χ4n) is 13.8. The molecule has 0 aromatic rings. The number of hydrogen-bond acceptors (Lipinski definition) is 18. The highest BCUT2D eigenvalue weighted by Crippen LogP contribution is 2.69. The average Bonchev–Trinajstić information content (AvgIpc) is 3.77. The van der Waals surface area contributed by atoms with Crippen LogP contribution in [0.25, 0.3) is 0 Å². The summed E-state index contributed by atoms with van der Waals surface area (Å²) >= 11 is 0. The van der Waals surface area contributed by atoms with Crippen LogP contribution >= 0.6 is 0 Å². The quantitative estimate of drug-likeness (QED) is 0.0990. The fraction of sp³-hybridized carbons (Fsp3) is 0.935. The van der Waals surface area contributed by atoms with E-state index in [1.807, 2.05) is 0 Å². The Labute approximate surface area is 374 Å². The minimum absolute atomic E-state index is 0.0186. The van der Waals surface area contributed by atoms with E-state index in [-0.39, 0.29) is 60.2 Å². The van der Waals surface area contributed by atoms with Gasteiger partial charge in [0, 0.05) is 43.3 Å². The standard InChI is InChI=1S/C46H74O18/c1-19(18-59-29-11-21(15-47)34(51)37(54)35(29)52)5-8-27-20(2)33-28(61-27)13-26-24-7-6-22-12-23(9-10-45(22,3)25(24)14-32(50)46(26,33)4)60-43-41(58)39(56)42(31(17-49)63-43)64-44-40(57)38(55)36(53)30(16-48)62-44/h19,21-26,28-31,33-44,47-49,51-58H,5-18H2,1-4H3/t19-,21-,22-,23-,24-,25+,26-,28+,29-,30-,31-,33+,34-,35+,36-,37+,38+,39-,40-,41-,42+,43-,44-,45+,46-/m1/s1. The van der Waals surface area contributed by atoms with Gasteiger partial charge in [0.25, 0.3) is 0 Å². The third-order valence-electron chi connectivity index (χ3n) is 17.8. The molecule has 64 heavy (non-hydrogen) atoms. The zero-order chi connectivity index (χ0) is 46.2. The molecule has 3 heterocycles. The van der Waals surface area contributed by atoms with Crippen molar-refractivity contribution >= 4 is 5.78 Å². The molecule has 8 aliphatic rings. The molecule has 3 aliphatic heterocycles. The number of ketones is 1. The van der Waals surface area contributed by atoms with E-state index in [1.165, 1.54) is 0 Å². The largest absolute Gasteiger partial charge is 0.494 e. The van der Waals surface area contributed by atoms with Gasteiger partial charge in [0.2, 0.25) is 0 Å². The van der Waals surface area contributed by atoms with Crippen LogP contribution in [0.3, 0.4) is 0 Å². The van der Waals surface area contributed by atoms with Crippen molar-refractivity contribution in [3.8, 4) is 0 Å². The number of ether oxygens (including phenoxy) is 6. The first-order valence-electron chi connectivity index (χ1n) is 23.8. The van der Waals surface area contributed by atoms with E-state index in [0.717, 1.165) is 43.4 Å². The number of hydrogen-bond donors (Lipinski definition) is 11. The highest BCUT2D eigenvalue weighted by atomic mass is 16.7. The molecule has 5 aliphatic carbocycles. The Morgan fingerprint density at radius 3 is 2.11 bits per heavy atom. The molecule has 0 amide bonds. The molecule has 0 unspecified atom stereocenters. The molecule has 0 radical (unpaired) electrons. The summed E-state index contributed by atoms with van der Waals surface area (Å²) in [7, 11) is 0. The number of carbonyl (C=O) groups is 1. The molecule has 18 heteroatoms. The summed E-state index contributed by atoms with van der Waals surface area (Å²) in [6.45, 7) is 7.38. The highest BCUT2D eigenvalue weighted by molar-refractivity contribution is 5.87. The van der Waals surface area contributed by atoms with Crippen molar-refractivity contribution in [3.05, 3.63) is 11.3 Å². The van der Waals surface area contributed by atoms with Crippen molar-refractivity contribution in [1.29, 1.82) is 0 Å². The molecule has 0 aromatic carbocycles. The predicted molar refractivity (Wildman–Crippen MR) is 221 cm³/mol. The van der Waals surface area contributed by atoms with Gasteiger partial charge in [-0.25, -0.2) is 0 Å². The van der Waals surface area contributed by atoms with E-state index in [2.05, 4.69) is 27.7 Å². The fourth-order valence-corrected chi connectivity index (χ4v) is 13.8. The summed E-state index contributed by atoms with van der Waals surface area (Å²) in [6.07, 6.45) is -13.0. The number of aliphatic hydroxyl groups excluding tert-OH is 11. The lowest BCUT2D eigenvalue weighted by Gasteiger charge is -2.60. The Bertz CT molecular complexity index is 1660. The van der Waals surface area contributed by atoms with E-state index < -0.39 is 110 Å². The van der Waals surface area contributed by atoms with Crippen LogP contribution < -0.4 is 0 Å². The maximum absolute atomic E-state index is 14.6. The summed E-state index contributed by atoms with van der Waals surface area (Å²) < 4.78 is 36.2. The Morgan fingerprint density at radius 2 is 1.41 bits per heavy atom. The number of rotatable bonds is 13. The maximum atomic E-state index is 14.6. The van der Waals surface area contributed by atoms with Crippen molar-refractivity contribution in [2.45, 2.75) is 190 Å². The lowest BCUT2D eigenvalue weighted by atomic mass is 9.44. The first-order chi connectivity index (χ1) is 30.4. The molecule has 2 saturated heterocycles. The van der Waals surface area contributed by atoms with Gasteiger partial charge in [-0.05, 0) is 98.9 Å². The van der Waals surface area contributed by atoms with Gasteiger partial charge in [-0.15, -0.1) is 0 Å². The first-order valence-corrected chi connectivity index (χ1v) is 23.8. The Kier molecular flexibility index (Phi) is 14.7. The highest BCUT2D eigenvalue weighted by Gasteiger charge is 2.68. The van der Waals surface area contributed by atoms with Gasteiger partial charge in [0.1, 0.15) is 72.9 Å². The van der Waals surface area contributed by atoms with Gasteiger partial charge in [0.05, 0.1) is 37.3 Å². The molecule has 366 valence electrons. The van der Waals surface area contributed by atoms with Crippen LogP contribution in [0.1, 0.15) is 91.9 Å². The first kappa shape index (κ1) is 49.0. The maximum Gasteiger partial charge on any atom is 0.187 e. The van der Waals surface area contributed by atoms with Crippen LogP contribution in [0.15, 0.2) is 11.3 Å². The average molecular weight is 915 g/mol. The van der Waals surface area contributed by atoms with E-state index in [9.17, 15) is 61.0 Å². The second-order valence-corrected chi connectivity index (χ2v) is 21.2. The summed E-state index contributed by atoms with van der Waals surface area (Å²) in [6, 6.07) is 0. The third-order valence-corrected chi connectivity index (χ3v) is 17.8. The number of Topliss-reactive ketones (excluding diaryl/α,β-unsaturated/α-hetero) is 1. The molecular weight excluding hydrogens is 840 g/mol. The minimum atomic E-state index is -1.76. The van der Waals surface area contributed by atoms with E-state index >= 15 is 0 Å². The Morgan fingerprint density at radius 1 is 0.734 bits per heavy atom. The van der Waals surface area contributed by atoms with Gasteiger partial charge in [-0.3, -0.25) is 4.79 Å². The van der Waals surface area contributed by atoms with E-state index in [0.29, 0.717) is 44.0 Å². The molecule has 0 aromatic heterocycles. The van der Waals surface area contributed by atoms with Crippen LogP contribution in [0.2, 0.25) is 0 Å². The minimum Gasteiger partial charge on any atom is -0.494 e. The number of fused-ring (bicyclic) bond motifs is 7. The topological polar surface area (TPSA) is 295 Å². The summed E-state index contributed by atoms with van der Waals surface area (Å²) in [5.41, 5.74) is 0.524. The molecule has 7 fully saturated rings. The van der Waals surface area contributed by atoms with Crippen LogP contribution in [-0.2, 0) is 33.2 Å².